The highest BCUT2D eigenvalue weighted by Gasteiger charge is 2.43. The summed E-state index contributed by atoms with van der Waals surface area (Å²) >= 11 is 0. The molecule has 0 saturated carbocycles. The Kier molecular flexibility index (Phi) is 5.14. The van der Waals surface area contributed by atoms with Crippen LogP contribution in [0.25, 0.3) is 0 Å². The first kappa shape index (κ1) is 20.0. The second kappa shape index (κ2) is 7.96. The van der Waals surface area contributed by atoms with Gasteiger partial charge in [-0.05, 0) is 37.3 Å². The molecular weight excluding hydrogens is 396 g/mol. The monoisotopic (exact) mass is 422 g/mol. The molecule has 1 aromatic carbocycles. The van der Waals surface area contributed by atoms with Gasteiger partial charge in [-0.15, -0.1) is 0 Å². The number of carbonyl (C=O) groups excluding carboxylic acids is 3. The number of hydrogen-bond acceptors (Lipinski definition) is 5. The maximum Gasteiger partial charge on any atom is 0.257 e. The lowest BCUT2D eigenvalue weighted by atomic mass is 9.88. The first-order valence-electron chi connectivity index (χ1n) is 10.9. The van der Waals surface area contributed by atoms with Gasteiger partial charge in [-0.3, -0.25) is 14.4 Å². The van der Waals surface area contributed by atoms with Crippen LogP contribution in [0.15, 0.2) is 47.3 Å². The molecule has 3 aliphatic rings. The zero-order chi connectivity index (χ0) is 21.4. The van der Waals surface area contributed by atoms with E-state index in [1.165, 1.54) is 12.5 Å². The van der Waals surface area contributed by atoms with E-state index in [9.17, 15) is 14.4 Å². The zero-order valence-electron chi connectivity index (χ0n) is 17.3. The van der Waals surface area contributed by atoms with Gasteiger partial charge in [0, 0.05) is 31.6 Å². The summed E-state index contributed by atoms with van der Waals surface area (Å²) in [7, 11) is 0. The zero-order valence-corrected chi connectivity index (χ0v) is 17.3. The molecule has 1 aromatic heterocycles. The van der Waals surface area contributed by atoms with E-state index in [-0.39, 0.29) is 35.7 Å². The van der Waals surface area contributed by atoms with Crippen LogP contribution in [-0.2, 0) is 9.53 Å². The van der Waals surface area contributed by atoms with E-state index in [0.29, 0.717) is 30.8 Å². The Morgan fingerprint density at radius 2 is 1.94 bits per heavy atom. The van der Waals surface area contributed by atoms with Gasteiger partial charge in [0.25, 0.3) is 5.91 Å². The van der Waals surface area contributed by atoms with E-state index in [4.69, 9.17) is 9.15 Å². The molecule has 2 atom stereocenters. The minimum atomic E-state index is -0.406. The summed E-state index contributed by atoms with van der Waals surface area (Å²) < 4.78 is 11.4. The van der Waals surface area contributed by atoms with Crippen molar-refractivity contribution < 1.29 is 23.5 Å². The fourth-order valence-corrected chi connectivity index (χ4v) is 5.12. The topological polar surface area (TPSA) is 88.9 Å². The summed E-state index contributed by atoms with van der Waals surface area (Å²) in [5, 5.41) is 3.00. The Morgan fingerprint density at radius 3 is 2.71 bits per heavy atom. The van der Waals surface area contributed by atoms with Gasteiger partial charge in [-0.2, -0.15) is 0 Å². The summed E-state index contributed by atoms with van der Waals surface area (Å²) in [4.78, 5) is 39.2. The van der Waals surface area contributed by atoms with Crippen molar-refractivity contribution >= 4 is 17.6 Å². The maximum absolute atomic E-state index is 12.7. The number of carbonyl (C=O) groups is 3. The Labute approximate surface area is 180 Å². The van der Waals surface area contributed by atoms with Crippen molar-refractivity contribution in [1.29, 1.82) is 0 Å². The third kappa shape index (κ3) is 3.78. The quantitative estimate of drug-likeness (QED) is 0.818. The Hall–Kier alpha value is -2.93. The van der Waals surface area contributed by atoms with Gasteiger partial charge >= 0.3 is 0 Å². The molecule has 3 heterocycles. The van der Waals surface area contributed by atoms with Crippen LogP contribution in [0.5, 0.6) is 0 Å². The summed E-state index contributed by atoms with van der Waals surface area (Å²) in [6.45, 7) is 1.76. The fraction of sp³-hybridized carbons (Fsp3) is 0.458. The molecule has 2 aromatic rings. The molecule has 2 amide bonds. The number of amides is 2. The van der Waals surface area contributed by atoms with Crippen LogP contribution in [0.2, 0.25) is 0 Å². The van der Waals surface area contributed by atoms with Crippen molar-refractivity contribution in [2.75, 3.05) is 19.6 Å². The average Bonchev–Trinajstić information content (AvgIpc) is 3.53. The van der Waals surface area contributed by atoms with Crippen molar-refractivity contribution in [3.8, 4) is 0 Å². The van der Waals surface area contributed by atoms with Gasteiger partial charge in [0.2, 0.25) is 5.91 Å². The standard InChI is InChI=1S/C24H26N2O5/c27-21-13-20(18-3-1-2-4-19(18)21)22(28)25-14-17-5-7-24(31-17)8-10-26(11-9-24)23(29)16-6-12-30-15-16/h1-4,6,12,15,17,20H,5,7-11,13-14H2,(H,25,28). The first-order valence-corrected chi connectivity index (χ1v) is 10.9. The molecule has 5 rings (SSSR count). The molecule has 2 fully saturated rings. The van der Waals surface area contributed by atoms with Crippen LogP contribution >= 0.6 is 0 Å². The number of rotatable bonds is 4. The van der Waals surface area contributed by atoms with Gasteiger partial charge in [0.15, 0.2) is 5.78 Å². The Morgan fingerprint density at radius 1 is 1.13 bits per heavy atom. The normalized spacial score (nSPS) is 24.4. The molecule has 1 N–H and O–H groups in total. The first-order chi connectivity index (χ1) is 15.0. The smallest absolute Gasteiger partial charge is 0.257 e. The summed E-state index contributed by atoms with van der Waals surface area (Å²) in [6, 6.07) is 9.04. The lowest BCUT2D eigenvalue weighted by molar-refractivity contribution is -0.124. The lowest BCUT2D eigenvalue weighted by Crippen LogP contribution is -2.47. The molecule has 1 spiro atoms. The predicted octanol–water partition coefficient (Wildman–Crippen LogP) is 2.92. The summed E-state index contributed by atoms with van der Waals surface area (Å²) in [6.07, 6.45) is 6.61. The maximum atomic E-state index is 12.7. The predicted molar refractivity (Wildman–Crippen MR) is 112 cm³/mol. The highest BCUT2D eigenvalue weighted by molar-refractivity contribution is 6.06. The number of piperidine rings is 1. The van der Waals surface area contributed by atoms with Crippen molar-refractivity contribution in [2.24, 2.45) is 0 Å². The van der Waals surface area contributed by atoms with Crippen LogP contribution in [0.4, 0.5) is 0 Å². The second-order valence-corrected chi connectivity index (χ2v) is 8.78. The largest absolute Gasteiger partial charge is 0.472 e. The van der Waals surface area contributed by atoms with Crippen LogP contribution in [0.3, 0.4) is 0 Å². The van der Waals surface area contributed by atoms with Gasteiger partial charge < -0.3 is 19.4 Å². The summed E-state index contributed by atoms with van der Waals surface area (Å²) in [5.41, 5.74) is 1.85. The molecule has 7 nitrogen and oxygen atoms in total. The molecule has 0 bridgehead atoms. The highest BCUT2D eigenvalue weighted by Crippen LogP contribution is 2.39. The number of ether oxygens (including phenoxy) is 1. The fourth-order valence-electron chi connectivity index (χ4n) is 5.12. The average molecular weight is 422 g/mol. The second-order valence-electron chi connectivity index (χ2n) is 8.78. The molecule has 162 valence electrons. The van der Waals surface area contributed by atoms with Crippen molar-refractivity contribution in [3.05, 3.63) is 59.5 Å². The van der Waals surface area contributed by atoms with Crippen LogP contribution in [0, 0.1) is 0 Å². The molecule has 7 heteroatoms. The minimum absolute atomic E-state index is 0.00296. The number of furan rings is 1. The number of likely N-dealkylation sites (tertiary alicyclic amines) is 1. The van der Waals surface area contributed by atoms with E-state index >= 15 is 0 Å². The Balaban J connectivity index is 1.12. The highest BCUT2D eigenvalue weighted by atomic mass is 16.5. The number of hydrogen-bond donors (Lipinski definition) is 1. The van der Waals surface area contributed by atoms with Crippen LogP contribution in [-0.4, -0.2) is 53.8 Å². The number of benzene rings is 1. The molecule has 2 aliphatic heterocycles. The Bertz CT molecular complexity index is 991. The van der Waals surface area contributed by atoms with Crippen molar-refractivity contribution in [2.45, 2.75) is 49.7 Å². The molecular formula is C24H26N2O5. The number of ketones is 1. The van der Waals surface area contributed by atoms with Crippen LogP contribution < -0.4 is 5.32 Å². The van der Waals surface area contributed by atoms with E-state index < -0.39 is 5.92 Å². The van der Waals surface area contributed by atoms with E-state index in [2.05, 4.69) is 5.32 Å². The number of Topliss-reactive ketones (excluding diaryl/α,β-unsaturated/α-hetero) is 1. The molecule has 1 aliphatic carbocycles. The van der Waals surface area contributed by atoms with E-state index in [0.717, 1.165) is 31.2 Å². The number of nitrogens with zero attached hydrogens (tertiary/aromatic N) is 1. The van der Waals surface area contributed by atoms with Crippen molar-refractivity contribution in [1.82, 2.24) is 10.2 Å². The van der Waals surface area contributed by atoms with Crippen molar-refractivity contribution in [3.63, 3.8) is 0 Å². The lowest BCUT2D eigenvalue weighted by Gasteiger charge is -2.39. The molecule has 2 saturated heterocycles. The minimum Gasteiger partial charge on any atom is -0.472 e. The SMILES string of the molecule is O=C1CC(C(=O)NCC2CCC3(CCN(C(=O)c4ccoc4)CC3)O2)c2ccccc21. The molecule has 31 heavy (non-hydrogen) atoms. The summed E-state index contributed by atoms with van der Waals surface area (Å²) in [5.74, 6) is -0.486. The third-order valence-corrected chi connectivity index (χ3v) is 6.92. The van der Waals surface area contributed by atoms with Gasteiger partial charge in [-0.1, -0.05) is 24.3 Å². The number of nitrogens with one attached hydrogen (secondary N) is 1. The van der Waals surface area contributed by atoms with Gasteiger partial charge in [-0.25, -0.2) is 0 Å². The molecule has 2 unspecified atom stereocenters. The van der Waals surface area contributed by atoms with E-state index in [1.54, 1.807) is 12.1 Å². The third-order valence-electron chi connectivity index (χ3n) is 6.92. The number of fused-ring (bicyclic) bond motifs is 1. The molecule has 0 radical (unpaired) electrons. The van der Waals surface area contributed by atoms with Crippen LogP contribution in [0.1, 0.15) is 64.3 Å². The van der Waals surface area contributed by atoms with E-state index in [1.807, 2.05) is 23.1 Å². The van der Waals surface area contributed by atoms with Gasteiger partial charge in [0.1, 0.15) is 6.26 Å². The van der Waals surface area contributed by atoms with Gasteiger partial charge in [0.05, 0.1) is 29.4 Å².